The maximum Gasteiger partial charge on any atom is 0.496 e. The lowest BCUT2D eigenvalue weighted by Gasteiger charge is -2.27. The number of aromatic nitrogens is 1. The van der Waals surface area contributed by atoms with Gasteiger partial charge in [-0.3, -0.25) is 0 Å². The molecular formula is C33H34F11NO6. The SMILES string of the molecule is C=C(C)C(=O)OCC(F)(F)OC(F)(F)OC(F)(F)OC(F)(F)COc1ccc2cc(-c3ccc(CCCCC)cc3C(F)(F)F)n(C(C)C)c2c1. The van der Waals surface area contributed by atoms with Gasteiger partial charge >= 0.3 is 37.0 Å². The van der Waals surface area contributed by atoms with Crippen molar-refractivity contribution in [3.63, 3.8) is 0 Å². The summed E-state index contributed by atoms with van der Waals surface area (Å²) in [5, 5.41) is 0.363. The minimum atomic E-state index is -5.95. The lowest BCUT2D eigenvalue weighted by Crippen LogP contribution is -2.46. The number of carbonyl (C=O) groups is 1. The van der Waals surface area contributed by atoms with Crippen molar-refractivity contribution < 1.29 is 76.8 Å². The van der Waals surface area contributed by atoms with Gasteiger partial charge in [-0.15, -0.1) is 17.6 Å². The van der Waals surface area contributed by atoms with Crippen molar-refractivity contribution in [2.75, 3.05) is 13.2 Å². The molecular weight excluding hydrogens is 715 g/mol. The average molecular weight is 750 g/mol. The van der Waals surface area contributed by atoms with E-state index in [1.165, 1.54) is 22.8 Å². The molecule has 0 amide bonds. The zero-order valence-electron chi connectivity index (χ0n) is 27.6. The molecule has 51 heavy (non-hydrogen) atoms. The number of hydrogen-bond donors (Lipinski definition) is 0. The maximum atomic E-state index is 14.3. The molecule has 0 radical (unpaired) electrons. The molecule has 284 valence electrons. The molecule has 0 atom stereocenters. The van der Waals surface area contributed by atoms with Gasteiger partial charge in [0.25, 0.3) is 0 Å². The predicted molar refractivity (Wildman–Crippen MR) is 160 cm³/mol. The van der Waals surface area contributed by atoms with Crippen LogP contribution in [0.1, 0.15) is 64.1 Å². The Labute approximate surface area is 284 Å². The van der Waals surface area contributed by atoms with Gasteiger partial charge in [0.1, 0.15) is 5.75 Å². The minimum Gasteiger partial charge on any atom is -0.484 e. The number of ether oxygens (including phenoxy) is 5. The van der Waals surface area contributed by atoms with Crippen LogP contribution in [0.3, 0.4) is 0 Å². The lowest BCUT2D eigenvalue weighted by molar-refractivity contribution is -0.574. The Bertz CT molecular complexity index is 1690. The molecule has 0 aliphatic carbocycles. The Morgan fingerprint density at radius 1 is 0.804 bits per heavy atom. The molecule has 0 bridgehead atoms. The second-order valence-electron chi connectivity index (χ2n) is 11.7. The molecule has 3 aromatic rings. The van der Waals surface area contributed by atoms with E-state index in [0.717, 1.165) is 38.0 Å². The van der Waals surface area contributed by atoms with E-state index in [4.69, 9.17) is 4.74 Å². The Balaban J connectivity index is 1.80. The average Bonchev–Trinajstić information content (AvgIpc) is 3.35. The Morgan fingerprint density at radius 3 is 1.96 bits per heavy atom. The highest BCUT2D eigenvalue weighted by Gasteiger charge is 2.57. The fourth-order valence-electron chi connectivity index (χ4n) is 4.87. The van der Waals surface area contributed by atoms with E-state index in [9.17, 15) is 53.1 Å². The number of carbonyl (C=O) groups excluding carboxylic acids is 1. The smallest absolute Gasteiger partial charge is 0.484 e. The number of nitrogens with zero attached hydrogens (tertiary/aromatic N) is 1. The third kappa shape index (κ3) is 11.8. The minimum absolute atomic E-state index is 0.137. The van der Waals surface area contributed by atoms with Crippen molar-refractivity contribution >= 4 is 16.9 Å². The monoisotopic (exact) mass is 749 g/mol. The Kier molecular flexibility index (Phi) is 12.8. The van der Waals surface area contributed by atoms with Gasteiger partial charge in [0.15, 0.2) is 13.2 Å². The first-order valence-electron chi connectivity index (χ1n) is 15.3. The first kappa shape index (κ1) is 41.5. The van der Waals surface area contributed by atoms with Crippen LogP contribution >= 0.6 is 0 Å². The van der Waals surface area contributed by atoms with Crippen molar-refractivity contribution in [3.8, 4) is 17.0 Å². The quantitative estimate of drug-likeness (QED) is 0.0424. The highest BCUT2D eigenvalue weighted by atomic mass is 19.4. The molecule has 0 aliphatic heterocycles. The van der Waals surface area contributed by atoms with E-state index in [-0.39, 0.29) is 16.8 Å². The predicted octanol–water partition coefficient (Wildman–Crippen LogP) is 10.5. The molecule has 2 aromatic carbocycles. The summed E-state index contributed by atoms with van der Waals surface area (Å²) in [5.41, 5.74) is -0.613. The Morgan fingerprint density at radius 2 is 1.41 bits per heavy atom. The van der Waals surface area contributed by atoms with Gasteiger partial charge in [0.2, 0.25) is 0 Å². The molecule has 0 unspecified atom stereocenters. The van der Waals surface area contributed by atoms with Gasteiger partial charge in [0.05, 0.1) is 11.1 Å². The zero-order chi connectivity index (χ0) is 38.6. The van der Waals surface area contributed by atoms with Gasteiger partial charge in [-0.25, -0.2) is 19.0 Å². The van der Waals surface area contributed by atoms with Crippen LogP contribution in [0.5, 0.6) is 5.75 Å². The second-order valence-corrected chi connectivity index (χ2v) is 11.7. The maximum absolute atomic E-state index is 14.3. The summed E-state index contributed by atoms with van der Waals surface area (Å²) in [4.78, 5) is 11.2. The number of fused-ring (bicyclic) bond motifs is 1. The molecule has 0 N–H and O–H groups in total. The molecule has 0 saturated heterocycles. The summed E-state index contributed by atoms with van der Waals surface area (Å²) in [6.07, 6.45) is -24.0. The first-order chi connectivity index (χ1) is 23.4. The van der Waals surface area contributed by atoms with Gasteiger partial charge < -0.3 is 14.0 Å². The van der Waals surface area contributed by atoms with Crippen LogP contribution in [0.25, 0.3) is 22.2 Å². The number of hydrogen-bond acceptors (Lipinski definition) is 6. The van der Waals surface area contributed by atoms with Crippen LogP contribution in [0.15, 0.2) is 54.6 Å². The van der Waals surface area contributed by atoms with Crippen LogP contribution in [0.2, 0.25) is 0 Å². The van der Waals surface area contributed by atoms with Crippen molar-refractivity contribution in [2.45, 2.75) is 90.4 Å². The van der Waals surface area contributed by atoms with Gasteiger partial charge in [-0.1, -0.05) is 38.5 Å². The third-order valence-corrected chi connectivity index (χ3v) is 6.96. The second kappa shape index (κ2) is 15.8. The topological polar surface area (TPSA) is 68.2 Å². The highest BCUT2D eigenvalue weighted by molar-refractivity contribution is 5.89. The van der Waals surface area contributed by atoms with E-state index in [0.29, 0.717) is 23.8 Å². The number of aryl methyl sites for hydroxylation is 1. The van der Waals surface area contributed by atoms with Gasteiger partial charge in [-0.2, -0.15) is 30.7 Å². The van der Waals surface area contributed by atoms with E-state index in [1.807, 2.05) is 6.92 Å². The van der Waals surface area contributed by atoms with Crippen LogP contribution < -0.4 is 4.74 Å². The standard InChI is InChI=1S/C33H34F11NO6/c1-6-7-8-9-21-10-13-24(25(14-21)31(38,39)40)27-15-22-11-12-23(16-26(22)45(27)20(4)5)47-17-29(34,35)49-32(41,42)51-33(43,44)50-30(36,37)18-48-28(46)19(2)3/h10-16,20H,2,6-9,17-18H2,1,3-5H3. The summed E-state index contributed by atoms with van der Waals surface area (Å²) < 4.78 is 172. The first-order valence-corrected chi connectivity index (χ1v) is 15.3. The highest BCUT2D eigenvalue weighted by Crippen LogP contribution is 2.42. The van der Waals surface area contributed by atoms with Gasteiger partial charge in [0, 0.05) is 34.3 Å². The van der Waals surface area contributed by atoms with Crippen molar-refractivity contribution in [3.05, 3.63) is 65.7 Å². The molecule has 3 rings (SSSR count). The summed E-state index contributed by atoms with van der Waals surface area (Å²) in [5.74, 6) is -1.88. The molecule has 18 heteroatoms. The molecule has 0 saturated carbocycles. The number of esters is 1. The fraction of sp³-hybridized carbons (Fsp3) is 0.485. The number of unbranched alkanes of at least 4 members (excludes halogenated alkanes) is 2. The summed E-state index contributed by atoms with van der Waals surface area (Å²) in [6, 6.07) is 8.52. The van der Waals surface area contributed by atoms with Crippen molar-refractivity contribution in [1.82, 2.24) is 4.57 Å². The van der Waals surface area contributed by atoms with Crippen molar-refractivity contribution in [1.29, 1.82) is 0 Å². The number of rotatable bonds is 18. The molecule has 7 nitrogen and oxygen atoms in total. The third-order valence-electron chi connectivity index (χ3n) is 6.96. The summed E-state index contributed by atoms with van der Waals surface area (Å²) >= 11 is 0. The van der Waals surface area contributed by atoms with E-state index < -0.39 is 73.1 Å². The zero-order valence-corrected chi connectivity index (χ0v) is 27.6. The largest absolute Gasteiger partial charge is 0.496 e. The van der Waals surface area contributed by atoms with Gasteiger partial charge in [-0.05, 0) is 63.4 Å². The van der Waals surface area contributed by atoms with E-state index in [1.54, 1.807) is 19.9 Å². The van der Waals surface area contributed by atoms with Crippen LogP contribution in [-0.4, -0.2) is 48.6 Å². The molecule has 0 aliphatic rings. The molecule has 0 fully saturated rings. The molecule has 0 spiro atoms. The van der Waals surface area contributed by atoms with Crippen LogP contribution in [0.4, 0.5) is 48.3 Å². The summed E-state index contributed by atoms with van der Waals surface area (Å²) in [7, 11) is 0. The lowest BCUT2D eigenvalue weighted by atomic mass is 9.97. The number of halogens is 11. The van der Waals surface area contributed by atoms with E-state index >= 15 is 0 Å². The van der Waals surface area contributed by atoms with E-state index in [2.05, 4.69) is 25.5 Å². The molecule has 1 heterocycles. The molecule has 1 aromatic heterocycles. The normalized spacial score (nSPS) is 13.3. The Hall–Kier alpha value is -3.90. The fourth-order valence-corrected chi connectivity index (χ4v) is 4.87. The summed E-state index contributed by atoms with van der Waals surface area (Å²) in [6.45, 7) is 5.07. The number of benzene rings is 2. The van der Waals surface area contributed by atoms with Crippen LogP contribution in [-0.2, 0) is 36.3 Å². The van der Waals surface area contributed by atoms with Crippen molar-refractivity contribution in [2.24, 2.45) is 0 Å². The van der Waals surface area contributed by atoms with Crippen LogP contribution in [0, 0.1) is 0 Å². The number of alkyl halides is 11.